The van der Waals surface area contributed by atoms with E-state index in [0.29, 0.717) is 0 Å². The summed E-state index contributed by atoms with van der Waals surface area (Å²) in [5, 5.41) is 3.90. The van der Waals surface area contributed by atoms with E-state index in [4.69, 9.17) is 0 Å². The van der Waals surface area contributed by atoms with Crippen molar-refractivity contribution < 1.29 is 0 Å². The molecule has 18 heavy (non-hydrogen) atoms. The van der Waals surface area contributed by atoms with Crippen molar-refractivity contribution >= 4 is 0 Å². The van der Waals surface area contributed by atoms with Gasteiger partial charge in [0.2, 0.25) is 0 Å². The Labute approximate surface area is 113 Å². The van der Waals surface area contributed by atoms with Gasteiger partial charge in [-0.15, -0.1) is 0 Å². The van der Waals surface area contributed by atoms with Crippen molar-refractivity contribution in [3.05, 3.63) is 0 Å². The Morgan fingerprint density at radius 2 is 1.94 bits per heavy atom. The Balaban J connectivity index is 1.40. The highest BCUT2D eigenvalue weighted by Gasteiger charge is 2.31. The molecule has 0 aromatic rings. The molecule has 2 saturated heterocycles. The summed E-state index contributed by atoms with van der Waals surface area (Å²) in [4.78, 5) is 2.72. The Kier molecular flexibility index (Phi) is 4.25. The summed E-state index contributed by atoms with van der Waals surface area (Å²) in [6.45, 7) is 6.45. The topological polar surface area (TPSA) is 15.3 Å². The van der Waals surface area contributed by atoms with Gasteiger partial charge in [-0.25, -0.2) is 0 Å². The number of fused-ring (bicyclic) bond motifs is 1. The Morgan fingerprint density at radius 3 is 2.83 bits per heavy atom. The average molecular weight is 250 g/mol. The van der Waals surface area contributed by atoms with Crippen LogP contribution in [0.2, 0.25) is 0 Å². The van der Waals surface area contributed by atoms with Crippen LogP contribution in [0, 0.1) is 11.8 Å². The highest BCUT2D eigenvalue weighted by molar-refractivity contribution is 4.89. The van der Waals surface area contributed by atoms with E-state index in [1.165, 1.54) is 71.0 Å². The van der Waals surface area contributed by atoms with Gasteiger partial charge >= 0.3 is 0 Å². The van der Waals surface area contributed by atoms with E-state index in [1.54, 1.807) is 0 Å². The largest absolute Gasteiger partial charge is 0.314 e. The molecule has 1 N–H and O–H groups in total. The van der Waals surface area contributed by atoms with E-state index in [2.05, 4.69) is 17.1 Å². The maximum Gasteiger partial charge on any atom is 0.0111 e. The molecule has 3 fully saturated rings. The predicted molar refractivity (Wildman–Crippen MR) is 76.7 cm³/mol. The van der Waals surface area contributed by atoms with Crippen LogP contribution in [-0.4, -0.2) is 36.6 Å². The number of nitrogens with one attached hydrogen (secondary N) is 1. The molecule has 0 aromatic carbocycles. The molecule has 0 spiro atoms. The van der Waals surface area contributed by atoms with Crippen molar-refractivity contribution in [2.45, 2.75) is 70.4 Å². The minimum atomic E-state index is 0.821. The van der Waals surface area contributed by atoms with Crippen LogP contribution in [0.1, 0.15) is 58.3 Å². The monoisotopic (exact) mass is 250 g/mol. The van der Waals surface area contributed by atoms with Crippen LogP contribution in [0.15, 0.2) is 0 Å². The number of hydrogen-bond donors (Lipinski definition) is 1. The third kappa shape index (κ3) is 3.08. The zero-order chi connectivity index (χ0) is 12.4. The van der Waals surface area contributed by atoms with Crippen molar-refractivity contribution in [3.8, 4) is 0 Å². The van der Waals surface area contributed by atoms with Crippen molar-refractivity contribution in [2.24, 2.45) is 11.8 Å². The van der Waals surface area contributed by atoms with E-state index in [9.17, 15) is 0 Å². The first-order valence-electron chi connectivity index (χ1n) is 8.28. The van der Waals surface area contributed by atoms with Crippen LogP contribution in [0.25, 0.3) is 0 Å². The zero-order valence-electron chi connectivity index (χ0n) is 12.0. The quantitative estimate of drug-likeness (QED) is 0.828. The summed E-state index contributed by atoms with van der Waals surface area (Å²) in [6, 6.07) is 1.74. The van der Waals surface area contributed by atoms with Crippen LogP contribution < -0.4 is 5.32 Å². The summed E-state index contributed by atoms with van der Waals surface area (Å²) in [5.74, 6) is 1.94. The highest BCUT2D eigenvalue weighted by Crippen LogP contribution is 2.29. The van der Waals surface area contributed by atoms with Gasteiger partial charge in [-0.1, -0.05) is 19.8 Å². The molecular formula is C16H30N2. The second-order valence-electron chi connectivity index (χ2n) is 7.10. The van der Waals surface area contributed by atoms with Gasteiger partial charge in [0, 0.05) is 12.1 Å². The number of piperidine rings is 1. The van der Waals surface area contributed by atoms with Gasteiger partial charge in [0.25, 0.3) is 0 Å². The minimum Gasteiger partial charge on any atom is -0.314 e. The van der Waals surface area contributed by atoms with Crippen molar-refractivity contribution in [3.63, 3.8) is 0 Å². The fourth-order valence-corrected chi connectivity index (χ4v) is 4.49. The summed E-state index contributed by atoms with van der Waals surface area (Å²) < 4.78 is 0. The van der Waals surface area contributed by atoms with E-state index in [-0.39, 0.29) is 0 Å². The molecule has 2 heterocycles. The predicted octanol–water partition coefficient (Wildman–Crippen LogP) is 3.03. The van der Waals surface area contributed by atoms with Crippen LogP contribution in [-0.2, 0) is 0 Å². The Morgan fingerprint density at radius 1 is 1.00 bits per heavy atom. The molecule has 0 amide bonds. The van der Waals surface area contributed by atoms with Crippen LogP contribution in [0.5, 0.6) is 0 Å². The highest BCUT2D eigenvalue weighted by atomic mass is 15.2. The fraction of sp³-hybridized carbons (Fsp3) is 1.00. The number of hydrogen-bond acceptors (Lipinski definition) is 2. The molecule has 4 atom stereocenters. The van der Waals surface area contributed by atoms with Gasteiger partial charge in [0.15, 0.2) is 0 Å². The van der Waals surface area contributed by atoms with Crippen LogP contribution in [0.4, 0.5) is 0 Å². The summed E-state index contributed by atoms with van der Waals surface area (Å²) in [7, 11) is 0. The second-order valence-corrected chi connectivity index (χ2v) is 7.10. The lowest BCUT2D eigenvalue weighted by molar-refractivity contribution is 0.160. The molecule has 3 rings (SSSR count). The summed E-state index contributed by atoms with van der Waals surface area (Å²) in [5.41, 5.74) is 0. The molecule has 2 heteroatoms. The molecule has 0 aromatic heterocycles. The standard InChI is InChI=1S/C16H30N2/c1-13-4-2-5-14(10-13)12-17-15-7-9-18-8-3-6-16(18)11-15/h13-17H,2-12H2,1H3. The van der Waals surface area contributed by atoms with Gasteiger partial charge in [-0.05, 0) is 70.0 Å². The fourth-order valence-electron chi connectivity index (χ4n) is 4.49. The summed E-state index contributed by atoms with van der Waals surface area (Å²) in [6.07, 6.45) is 11.6. The number of nitrogens with zero attached hydrogens (tertiary/aromatic N) is 1. The molecule has 1 aliphatic carbocycles. The second kappa shape index (κ2) is 5.92. The van der Waals surface area contributed by atoms with Crippen LogP contribution in [0.3, 0.4) is 0 Å². The maximum atomic E-state index is 3.90. The minimum absolute atomic E-state index is 0.821. The lowest BCUT2D eigenvalue weighted by Gasteiger charge is -2.36. The summed E-state index contributed by atoms with van der Waals surface area (Å²) >= 11 is 0. The van der Waals surface area contributed by atoms with Crippen molar-refractivity contribution in [2.75, 3.05) is 19.6 Å². The normalized spacial score (nSPS) is 41.8. The van der Waals surface area contributed by atoms with Gasteiger partial charge in [-0.3, -0.25) is 0 Å². The van der Waals surface area contributed by atoms with Crippen molar-refractivity contribution in [1.82, 2.24) is 10.2 Å². The molecule has 3 aliphatic rings. The third-order valence-electron chi connectivity index (χ3n) is 5.56. The molecular weight excluding hydrogens is 220 g/mol. The maximum absolute atomic E-state index is 3.90. The van der Waals surface area contributed by atoms with Gasteiger partial charge in [-0.2, -0.15) is 0 Å². The van der Waals surface area contributed by atoms with Gasteiger partial charge in [0.1, 0.15) is 0 Å². The van der Waals surface area contributed by atoms with Crippen LogP contribution >= 0.6 is 0 Å². The average Bonchev–Trinajstić information content (AvgIpc) is 2.84. The molecule has 2 nitrogen and oxygen atoms in total. The first-order valence-corrected chi connectivity index (χ1v) is 8.28. The van der Waals surface area contributed by atoms with Gasteiger partial charge in [0.05, 0.1) is 0 Å². The SMILES string of the molecule is CC1CCCC(CNC2CCN3CCCC3C2)C1. The molecule has 1 saturated carbocycles. The Hall–Kier alpha value is -0.0800. The van der Waals surface area contributed by atoms with E-state index in [1.807, 2.05) is 0 Å². The lowest BCUT2D eigenvalue weighted by Crippen LogP contribution is -2.46. The van der Waals surface area contributed by atoms with Gasteiger partial charge < -0.3 is 10.2 Å². The van der Waals surface area contributed by atoms with E-state index in [0.717, 1.165) is 23.9 Å². The molecule has 0 radical (unpaired) electrons. The zero-order valence-corrected chi connectivity index (χ0v) is 12.0. The number of rotatable bonds is 3. The van der Waals surface area contributed by atoms with E-state index < -0.39 is 0 Å². The Bertz CT molecular complexity index is 266. The molecule has 2 aliphatic heterocycles. The lowest BCUT2D eigenvalue weighted by atomic mass is 9.82. The van der Waals surface area contributed by atoms with Crippen molar-refractivity contribution in [1.29, 1.82) is 0 Å². The smallest absolute Gasteiger partial charge is 0.0111 e. The molecule has 4 unspecified atom stereocenters. The molecule has 0 bridgehead atoms. The molecule has 104 valence electrons. The van der Waals surface area contributed by atoms with E-state index >= 15 is 0 Å². The third-order valence-corrected chi connectivity index (χ3v) is 5.56. The first kappa shape index (κ1) is 12.9. The first-order chi connectivity index (χ1) is 8.81.